The lowest BCUT2D eigenvalue weighted by atomic mass is 10.0. The number of aliphatic hydroxyl groups excluding tert-OH is 4. The minimum absolute atomic E-state index is 0.0973. The number of anilines is 1. The number of aliphatic hydroxyl groups is 4. The van der Waals surface area contributed by atoms with Gasteiger partial charge in [0.1, 0.15) is 30.2 Å². The maximum Gasteiger partial charge on any atom is 0.483 e. The van der Waals surface area contributed by atoms with E-state index in [2.05, 4.69) is 18.3 Å². The fourth-order valence-electron chi connectivity index (χ4n) is 3.23. The molecule has 0 spiro atoms. The number of nitrogens with zero attached hydrogens (tertiary/aromatic N) is 2. The van der Waals surface area contributed by atoms with Crippen molar-refractivity contribution in [1.82, 2.24) is 9.55 Å². The number of phosphoric ester groups is 2. The van der Waals surface area contributed by atoms with Crippen molar-refractivity contribution in [1.29, 1.82) is 0 Å². The van der Waals surface area contributed by atoms with Gasteiger partial charge in [0, 0.05) is 12.6 Å². The number of nitrogen functional groups attached to an aromatic ring is 1. The molecule has 19 heteroatoms. The first-order valence-electron chi connectivity index (χ1n) is 9.77. The van der Waals surface area contributed by atoms with Crippen LogP contribution in [-0.4, -0.2) is 89.3 Å². The predicted molar refractivity (Wildman–Crippen MR) is 108 cm³/mol. The zero-order valence-electron chi connectivity index (χ0n) is 17.5. The Morgan fingerprint density at radius 2 is 1.82 bits per heavy atom. The number of hydrogen-bond donors (Lipinski definition) is 7. The van der Waals surface area contributed by atoms with Crippen LogP contribution < -0.4 is 11.4 Å². The van der Waals surface area contributed by atoms with Gasteiger partial charge in [-0.15, -0.1) is 0 Å². The summed E-state index contributed by atoms with van der Waals surface area (Å²) in [7, 11) is -10.7. The second kappa shape index (κ2) is 10.4. The third-order valence-corrected chi connectivity index (χ3v) is 7.60. The van der Waals surface area contributed by atoms with E-state index >= 15 is 0 Å². The molecule has 194 valence electrons. The summed E-state index contributed by atoms with van der Waals surface area (Å²) in [6.07, 6.45) is -10.7. The highest BCUT2D eigenvalue weighted by atomic mass is 31.3. The second-order valence-electron chi connectivity index (χ2n) is 7.59. The topological polar surface area (TPSA) is 263 Å². The van der Waals surface area contributed by atoms with Gasteiger partial charge in [-0.3, -0.25) is 13.6 Å². The van der Waals surface area contributed by atoms with E-state index in [1.807, 2.05) is 0 Å². The second-order valence-corrected chi connectivity index (χ2v) is 10.6. The average Bonchev–Trinajstić information content (AvgIpc) is 2.98. The molecule has 8 N–H and O–H groups in total. The molecule has 0 saturated carbocycles. The lowest BCUT2D eigenvalue weighted by molar-refractivity contribution is -0.233. The van der Waals surface area contributed by atoms with Gasteiger partial charge in [0.05, 0.1) is 18.8 Å². The molecule has 3 rings (SSSR count). The molecule has 2 aliphatic rings. The maximum atomic E-state index is 12.1. The SMILES string of the molecule is C[C@H]1O[C@H](OP(=O)(O)OP(=O)(O)OC[C@H]2O[C@@H](n3ccc(N)nc3=O)[C@H](O)[C@@H]2O)[C@@H](O)C[C@@H]1O. The lowest BCUT2D eigenvalue weighted by Gasteiger charge is -2.35. The molecule has 0 amide bonds. The van der Waals surface area contributed by atoms with Gasteiger partial charge in [-0.05, 0) is 13.0 Å². The molecule has 0 bridgehead atoms. The highest BCUT2D eigenvalue weighted by molar-refractivity contribution is 7.61. The summed E-state index contributed by atoms with van der Waals surface area (Å²) in [4.78, 5) is 34.9. The molecule has 1 aromatic heterocycles. The van der Waals surface area contributed by atoms with Gasteiger partial charge in [-0.25, -0.2) is 13.9 Å². The molecular formula is C15H25N3O14P2. The lowest BCUT2D eigenvalue weighted by Crippen LogP contribution is -2.46. The van der Waals surface area contributed by atoms with Crippen LogP contribution in [-0.2, 0) is 32.0 Å². The van der Waals surface area contributed by atoms with Crippen molar-refractivity contribution in [3.05, 3.63) is 22.7 Å². The van der Waals surface area contributed by atoms with Gasteiger partial charge in [-0.2, -0.15) is 9.29 Å². The van der Waals surface area contributed by atoms with Crippen molar-refractivity contribution in [2.24, 2.45) is 0 Å². The van der Waals surface area contributed by atoms with Crippen LogP contribution in [0.15, 0.2) is 17.1 Å². The molecule has 3 heterocycles. The van der Waals surface area contributed by atoms with E-state index in [0.29, 0.717) is 0 Å². The van der Waals surface area contributed by atoms with E-state index in [4.69, 9.17) is 15.2 Å². The van der Waals surface area contributed by atoms with E-state index in [1.54, 1.807) is 0 Å². The quantitative estimate of drug-likeness (QED) is 0.171. The van der Waals surface area contributed by atoms with Gasteiger partial charge in [0.15, 0.2) is 12.5 Å². The Balaban J connectivity index is 1.59. The first-order valence-corrected chi connectivity index (χ1v) is 12.8. The molecule has 34 heavy (non-hydrogen) atoms. The number of rotatable bonds is 8. The molecule has 10 atom stereocenters. The van der Waals surface area contributed by atoms with Crippen LogP contribution >= 0.6 is 15.6 Å². The van der Waals surface area contributed by atoms with Crippen molar-refractivity contribution in [2.45, 2.75) is 62.5 Å². The van der Waals surface area contributed by atoms with Crippen LogP contribution in [0.25, 0.3) is 0 Å². The minimum Gasteiger partial charge on any atom is -0.390 e. The van der Waals surface area contributed by atoms with Crippen molar-refractivity contribution in [3.63, 3.8) is 0 Å². The van der Waals surface area contributed by atoms with Crippen LogP contribution in [0.1, 0.15) is 19.6 Å². The largest absolute Gasteiger partial charge is 0.483 e. The summed E-state index contributed by atoms with van der Waals surface area (Å²) in [6.45, 7) is 0.477. The predicted octanol–water partition coefficient (Wildman–Crippen LogP) is -2.45. The Bertz CT molecular complexity index is 1020. The summed E-state index contributed by atoms with van der Waals surface area (Å²) in [5.74, 6) is -0.0973. The Hall–Kier alpha value is -1.30. The van der Waals surface area contributed by atoms with Crippen LogP contribution in [0.4, 0.5) is 5.82 Å². The molecule has 17 nitrogen and oxygen atoms in total. The van der Waals surface area contributed by atoms with Crippen molar-refractivity contribution in [3.8, 4) is 0 Å². The molecule has 2 fully saturated rings. The highest BCUT2D eigenvalue weighted by Gasteiger charge is 2.47. The van der Waals surface area contributed by atoms with E-state index in [1.165, 1.54) is 13.0 Å². The van der Waals surface area contributed by atoms with Gasteiger partial charge >= 0.3 is 21.3 Å². The first kappa shape index (κ1) is 27.3. The van der Waals surface area contributed by atoms with Gasteiger partial charge in [-0.1, -0.05) is 0 Å². The average molecular weight is 533 g/mol. The Morgan fingerprint density at radius 1 is 1.15 bits per heavy atom. The van der Waals surface area contributed by atoms with Crippen LogP contribution in [0, 0.1) is 0 Å². The fourth-order valence-corrected chi connectivity index (χ4v) is 5.40. The van der Waals surface area contributed by atoms with E-state index in [-0.39, 0.29) is 12.2 Å². The smallest absolute Gasteiger partial charge is 0.390 e. The van der Waals surface area contributed by atoms with Crippen molar-refractivity contribution < 1.29 is 62.2 Å². The molecular weight excluding hydrogens is 508 g/mol. The Labute approximate surface area is 191 Å². The molecule has 0 aromatic carbocycles. The molecule has 1 aromatic rings. The number of nitrogens with two attached hydrogens (primary N) is 1. The maximum absolute atomic E-state index is 12.1. The van der Waals surface area contributed by atoms with Crippen LogP contribution in [0.2, 0.25) is 0 Å². The third-order valence-electron chi connectivity index (χ3n) is 5.00. The summed E-state index contributed by atoms with van der Waals surface area (Å²) in [6, 6.07) is 1.23. The zero-order chi connectivity index (χ0) is 25.4. The number of ether oxygens (including phenoxy) is 2. The number of hydrogen-bond acceptors (Lipinski definition) is 14. The monoisotopic (exact) mass is 533 g/mol. The van der Waals surface area contributed by atoms with Gasteiger partial charge in [0.25, 0.3) is 0 Å². The molecule has 2 saturated heterocycles. The highest BCUT2D eigenvalue weighted by Crippen LogP contribution is 2.61. The van der Waals surface area contributed by atoms with Crippen molar-refractivity contribution >= 4 is 21.5 Å². The molecule has 0 radical (unpaired) electrons. The Kier molecular flexibility index (Phi) is 8.32. The summed E-state index contributed by atoms with van der Waals surface area (Å²) in [5, 5.41) is 39.7. The van der Waals surface area contributed by atoms with Gasteiger partial charge in [0.2, 0.25) is 0 Å². The summed E-state index contributed by atoms with van der Waals surface area (Å²) >= 11 is 0. The van der Waals surface area contributed by atoms with E-state index < -0.39 is 77.1 Å². The third kappa shape index (κ3) is 6.47. The first-order chi connectivity index (χ1) is 15.7. The van der Waals surface area contributed by atoms with E-state index in [0.717, 1.165) is 10.8 Å². The number of phosphoric acid groups is 2. The Morgan fingerprint density at radius 3 is 2.47 bits per heavy atom. The van der Waals surface area contributed by atoms with Crippen LogP contribution in [0.5, 0.6) is 0 Å². The molecule has 0 aliphatic carbocycles. The summed E-state index contributed by atoms with van der Waals surface area (Å²) < 4.78 is 48.7. The normalized spacial score (nSPS) is 37.7. The standard InChI is InChI=1S/C15H25N3O14P2/c1-6-7(19)4-8(20)14(29-6)31-34(26,27)32-33(24,25)28-5-9-11(21)12(22)13(30-9)18-3-2-10(16)17-15(18)23/h2-3,6-9,11-14,19-22H,4-5H2,1H3,(H,24,25)(H,26,27)(H2,16,17,23)/t6-,7+,8+,9-,11-,12-,13-,14-/m1/s1. The minimum atomic E-state index is -5.35. The van der Waals surface area contributed by atoms with E-state index in [9.17, 15) is 44.1 Å². The zero-order valence-corrected chi connectivity index (χ0v) is 19.3. The van der Waals surface area contributed by atoms with Gasteiger partial charge < -0.3 is 45.4 Å². The fraction of sp³-hybridized carbons (Fsp3) is 0.733. The van der Waals surface area contributed by atoms with Crippen molar-refractivity contribution in [2.75, 3.05) is 12.3 Å². The molecule has 2 aliphatic heterocycles. The molecule has 2 unspecified atom stereocenters. The number of aromatic nitrogens is 2. The summed E-state index contributed by atoms with van der Waals surface area (Å²) in [5.41, 5.74) is 4.48. The van der Waals surface area contributed by atoms with Crippen LogP contribution in [0.3, 0.4) is 0 Å².